The zero-order valence-corrected chi connectivity index (χ0v) is 15.1. The number of benzene rings is 2. The highest BCUT2D eigenvalue weighted by Crippen LogP contribution is 2.18. The fraction of sp³-hybridized carbons (Fsp3) is 0.300. The second kappa shape index (κ2) is 6.95. The fourth-order valence-corrected chi connectivity index (χ4v) is 2.81. The van der Waals surface area contributed by atoms with Crippen molar-refractivity contribution in [2.24, 2.45) is 0 Å². The van der Waals surface area contributed by atoms with Gasteiger partial charge < -0.3 is 0 Å². The van der Waals surface area contributed by atoms with Gasteiger partial charge in [-0.1, -0.05) is 19.9 Å². The van der Waals surface area contributed by atoms with Gasteiger partial charge in [-0.3, -0.25) is 9.36 Å². The number of fused-ring (bicyclic) bond motifs is 1. The van der Waals surface area contributed by atoms with Crippen molar-refractivity contribution in [2.75, 3.05) is 0 Å². The third-order valence-electron chi connectivity index (χ3n) is 3.78. The first kappa shape index (κ1) is 17.9. The van der Waals surface area contributed by atoms with Gasteiger partial charge in [0.25, 0.3) is 5.56 Å². The zero-order valence-electron chi connectivity index (χ0n) is 15.1. The summed E-state index contributed by atoms with van der Waals surface area (Å²) in [5, 5.41) is 0.434. The molecule has 0 amide bonds. The molecular formula is C20H23FN2O. The predicted octanol–water partition coefficient (Wildman–Crippen LogP) is 4.78. The lowest BCUT2D eigenvalue weighted by Crippen LogP contribution is -2.22. The molecule has 3 rings (SSSR count). The van der Waals surface area contributed by atoms with Gasteiger partial charge in [0.2, 0.25) is 0 Å². The lowest BCUT2D eigenvalue weighted by Gasteiger charge is -2.13. The Balaban J connectivity index is 0.00000100. The molecule has 0 radical (unpaired) electrons. The van der Waals surface area contributed by atoms with E-state index in [9.17, 15) is 9.18 Å². The van der Waals surface area contributed by atoms with E-state index in [1.165, 1.54) is 6.07 Å². The Morgan fingerprint density at radius 1 is 0.917 bits per heavy atom. The summed E-state index contributed by atoms with van der Waals surface area (Å²) in [5.41, 5.74) is 3.62. The molecule has 0 unspecified atom stereocenters. The topological polar surface area (TPSA) is 34.9 Å². The number of aryl methyl sites for hydroxylation is 4. The van der Waals surface area contributed by atoms with Crippen LogP contribution in [0.3, 0.4) is 0 Å². The molecule has 0 spiro atoms. The minimum Gasteiger partial charge on any atom is -0.268 e. The molecule has 126 valence electrons. The summed E-state index contributed by atoms with van der Waals surface area (Å²) >= 11 is 0. The number of halogens is 1. The Morgan fingerprint density at radius 3 is 2.08 bits per heavy atom. The Bertz CT molecular complexity index is 938. The lowest BCUT2D eigenvalue weighted by atomic mass is 10.1. The van der Waals surface area contributed by atoms with E-state index in [1.54, 1.807) is 24.5 Å². The van der Waals surface area contributed by atoms with Crippen LogP contribution in [0.1, 0.15) is 36.4 Å². The largest absolute Gasteiger partial charge is 0.268 e. The summed E-state index contributed by atoms with van der Waals surface area (Å²) in [7, 11) is 0. The minimum absolute atomic E-state index is 0.171. The summed E-state index contributed by atoms with van der Waals surface area (Å²) in [6.07, 6.45) is 0. The molecule has 3 nitrogen and oxygen atoms in total. The maximum Gasteiger partial charge on any atom is 0.265 e. The maximum atomic E-state index is 13.7. The van der Waals surface area contributed by atoms with Crippen LogP contribution >= 0.6 is 0 Å². The Labute approximate surface area is 141 Å². The minimum atomic E-state index is -0.344. The highest BCUT2D eigenvalue weighted by molar-refractivity contribution is 5.79. The van der Waals surface area contributed by atoms with E-state index in [0.717, 1.165) is 16.8 Å². The summed E-state index contributed by atoms with van der Waals surface area (Å²) in [6, 6.07) is 8.85. The van der Waals surface area contributed by atoms with Crippen molar-refractivity contribution in [3.63, 3.8) is 0 Å². The van der Waals surface area contributed by atoms with Crippen LogP contribution < -0.4 is 5.56 Å². The van der Waals surface area contributed by atoms with Crippen molar-refractivity contribution in [3.05, 3.63) is 69.0 Å². The van der Waals surface area contributed by atoms with Crippen LogP contribution in [0, 0.1) is 33.5 Å². The summed E-state index contributed by atoms with van der Waals surface area (Å²) in [6.45, 7) is 11.4. The molecule has 3 aromatic rings. The van der Waals surface area contributed by atoms with Gasteiger partial charge in [0.15, 0.2) is 0 Å². The van der Waals surface area contributed by atoms with Crippen LogP contribution in [0.5, 0.6) is 0 Å². The number of hydrogen-bond donors (Lipinski definition) is 0. The van der Waals surface area contributed by atoms with Gasteiger partial charge in [-0.15, -0.1) is 0 Å². The molecule has 0 saturated heterocycles. The summed E-state index contributed by atoms with van der Waals surface area (Å²) in [5.74, 6) is 0.203. The molecule has 0 saturated carbocycles. The summed E-state index contributed by atoms with van der Waals surface area (Å²) in [4.78, 5) is 17.2. The monoisotopic (exact) mass is 326 g/mol. The second-order valence-corrected chi connectivity index (χ2v) is 5.76. The number of rotatable bonds is 1. The van der Waals surface area contributed by atoms with Gasteiger partial charge in [-0.05, 0) is 62.6 Å². The third-order valence-corrected chi connectivity index (χ3v) is 3.78. The molecule has 24 heavy (non-hydrogen) atoms. The van der Waals surface area contributed by atoms with Crippen molar-refractivity contribution in [3.8, 4) is 5.69 Å². The van der Waals surface area contributed by atoms with Crippen molar-refractivity contribution >= 4 is 10.9 Å². The zero-order chi connectivity index (χ0) is 18.0. The lowest BCUT2D eigenvalue weighted by molar-refractivity contribution is 0.620. The molecule has 0 aliphatic carbocycles. The van der Waals surface area contributed by atoms with Crippen LogP contribution in [0.25, 0.3) is 16.6 Å². The van der Waals surface area contributed by atoms with Gasteiger partial charge in [0.05, 0.1) is 16.6 Å². The second-order valence-electron chi connectivity index (χ2n) is 5.76. The standard InChI is InChI=1S/C18H17FN2O.C2H6/c1-10-5-11(2)7-14(6-10)21-13(4)20-17-9-16(19)12(3)8-15(17)18(21)22;1-2/h5-9H,1-4H3;1-2H3. The average molecular weight is 326 g/mol. The Morgan fingerprint density at radius 2 is 1.50 bits per heavy atom. The smallest absolute Gasteiger partial charge is 0.265 e. The van der Waals surface area contributed by atoms with E-state index in [4.69, 9.17) is 0 Å². The van der Waals surface area contributed by atoms with E-state index < -0.39 is 0 Å². The molecule has 0 aliphatic rings. The number of hydrogen-bond acceptors (Lipinski definition) is 2. The SMILES string of the molecule is CC.Cc1cc(C)cc(-n2c(C)nc3cc(F)c(C)cc3c2=O)c1. The maximum absolute atomic E-state index is 13.7. The van der Waals surface area contributed by atoms with E-state index >= 15 is 0 Å². The fourth-order valence-electron chi connectivity index (χ4n) is 2.81. The van der Waals surface area contributed by atoms with Gasteiger partial charge >= 0.3 is 0 Å². The van der Waals surface area contributed by atoms with E-state index in [-0.39, 0.29) is 11.4 Å². The van der Waals surface area contributed by atoms with E-state index in [0.29, 0.717) is 22.3 Å². The van der Waals surface area contributed by atoms with Gasteiger partial charge in [0.1, 0.15) is 11.6 Å². The van der Waals surface area contributed by atoms with Crippen LogP contribution in [-0.2, 0) is 0 Å². The van der Waals surface area contributed by atoms with Crippen LogP contribution in [-0.4, -0.2) is 9.55 Å². The molecule has 0 aliphatic heterocycles. The molecule has 1 heterocycles. The molecular weight excluding hydrogens is 303 g/mol. The van der Waals surface area contributed by atoms with Crippen molar-refractivity contribution < 1.29 is 4.39 Å². The first-order valence-electron chi connectivity index (χ1n) is 8.15. The van der Waals surface area contributed by atoms with Gasteiger partial charge in [-0.25, -0.2) is 9.37 Å². The van der Waals surface area contributed by atoms with E-state index in [2.05, 4.69) is 11.1 Å². The van der Waals surface area contributed by atoms with Crippen molar-refractivity contribution in [1.29, 1.82) is 0 Å². The molecule has 0 atom stereocenters. The Hall–Kier alpha value is -2.49. The molecule has 4 heteroatoms. The third kappa shape index (κ3) is 3.23. The van der Waals surface area contributed by atoms with Crippen LogP contribution in [0.4, 0.5) is 4.39 Å². The highest BCUT2D eigenvalue weighted by atomic mass is 19.1. The normalized spacial score (nSPS) is 10.5. The number of nitrogens with zero attached hydrogens (tertiary/aromatic N) is 2. The van der Waals surface area contributed by atoms with Crippen molar-refractivity contribution in [2.45, 2.75) is 41.5 Å². The van der Waals surface area contributed by atoms with E-state index in [1.807, 2.05) is 39.8 Å². The summed E-state index contributed by atoms with van der Waals surface area (Å²) < 4.78 is 15.3. The average Bonchev–Trinajstić information content (AvgIpc) is 2.51. The van der Waals surface area contributed by atoms with Crippen LogP contribution in [0.2, 0.25) is 0 Å². The highest BCUT2D eigenvalue weighted by Gasteiger charge is 2.12. The van der Waals surface area contributed by atoms with Crippen molar-refractivity contribution in [1.82, 2.24) is 9.55 Å². The molecule has 0 fully saturated rings. The quantitative estimate of drug-likeness (QED) is 0.645. The predicted molar refractivity (Wildman–Crippen MR) is 97.6 cm³/mol. The molecule has 2 aromatic carbocycles. The first-order valence-corrected chi connectivity index (χ1v) is 8.15. The molecule has 0 N–H and O–H groups in total. The molecule has 0 bridgehead atoms. The van der Waals surface area contributed by atoms with Crippen LogP contribution in [0.15, 0.2) is 35.1 Å². The number of aromatic nitrogens is 2. The first-order chi connectivity index (χ1) is 11.4. The Kier molecular flexibility index (Phi) is 5.17. The van der Waals surface area contributed by atoms with Gasteiger partial charge in [0, 0.05) is 6.07 Å². The molecule has 1 aromatic heterocycles. The van der Waals surface area contributed by atoms with Gasteiger partial charge in [-0.2, -0.15) is 0 Å².